The molecule has 0 saturated heterocycles. The highest BCUT2D eigenvalue weighted by Gasteiger charge is 2.18. The zero-order valence-corrected chi connectivity index (χ0v) is 20.2. The number of fused-ring (bicyclic) bond motifs is 1. The van der Waals surface area contributed by atoms with E-state index in [9.17, 15) is 9.18 Å². The number of pyridine rings is 2. The number of ether oxygens (including phenoxy) is 1. The lowest BCUT2D eigenvalue weighted by atomic mass is 10.0. The lowest BCUT2D eigenvalue weighted by Crippen LogP contribution is -2.25. The lowest BCUT2D eigenvalue weighted by Gasteiger charge is -2.21. The third-order valence-electron chi connectivity index (χ3n) is 5.77. The molecular weight excluding hydrogens is 455 g/mol. The van der Waals surface area contributed by atoms with Gasteiger partial charge in [-0.05, 0) is 49.7 Å². The van der Waals surface area contributed by atoms with E-state index in [1.165, 1.54) is 6.07 Å². The van der Waals surface area contributed by atoms with Gasteiger partial charge >= 0.3 is 0 Å². The van der Waals surface area contributed by atoms with E-state index in [-0.39, 0.29) is 22.3 Å². The summed E-state index contributed by atoms with van der Waals surface area (Å²) in [4.78, 5) is 20.2. The van der Waals surface area contributed by atoms with E-state index in [0.29, 0.717) is 17.7 Å². The first-order valence-electron chi connectivity index (χ1n) is 10.8. The fourth-order valence-corrected chi connectivity index (χ4v) is 4.25. The van der Waals surface area contributed by atoms with E-state index < -0.39 is 5.82 Å². The van der Waals surface area contributed by atoms with Crippen LogP contribution in [-0.2, 0) is 6.54 Å². The Kier molecular flexibility index (Phi) is 6.48. The van der Waals surface area contributed by atoms with Gasteiger partial charge < -0.3 is 19.9 Å². The number of benzene rings is 2. The van der Waals surface area contributed by atoms with E-state index in [1.54, 1.807) is 23.9 Å². The van der Waals surface area contributed by atoms with Gasteiger partial charge in [-0.15, -0.1) is 0 Å². The molecule has 4 aromatic rings. The highest BCUT2D eigenvalue weighted by atomic mass is 35.5. The summed E-state index contributed by atoms with van der Waals surface area (Å²) in [7, 11) is 3.59. The molecule has 176 valence electrons. The Balaban J connectivity index is 1.80. The summed E-state index contributed by atoms with van der Waals surface area (Å²) in [5.41, 5.74) is 8.05. The quantitative estimate of drug-likeness (QED) is 0.360. The fourth-order valence-electron chi connectivity index (χ4n) is 3.99. The zero-order valence-electron chi connectivity index (χ0n) is 19.5. The molecule has 0 amide bonds. The number of nitrogens with zero attached hydrogens (tertiary/aromatic N) is 3. The predicted molar refractivity (Wildman–Crippen MR) is 136 cm³/mol. The van der Waals surface area contributed by atoms with Gasteiger partial charge in [0.1, 0.15) is 17.4 Å². The first-order valence-corrected chi connectivity index (χ1v) is 11.2. The van der Waals surface area contributed by atoms with Crippen LogP contribution in [0.25, 0.3) is 22.0 Å². The van der Waals surface area contributed by atoms with Gasteiger partial charge in [-0.2, -0.15) is 0 Å². The van der Waals surface area contributed by atoms with Crippen molar-refractivity contribution >= 4 is 34.0 Å². The number of hydrogen-bond acceptors (Lipinski definition) is 5. The van der Waals surface area contributed by atoms with Gasteiger partial charge in [0.15, 0.2) is 0 Å². The first kappa shape index (κ1) is 23.6. The third kappa shape index (κ3) is 4.43. The summed E-state index contributed by atoms with van der Waals surface area (Å²) in [6, 6.07) is 13.9. The van der Waals surface area contributed by atoms with Crippen molar-refractivity contribution in [2.45, 2.75) is 26.4 Å². The Hall–Kier alpha value is -3.58. The Labute approximate surface area is 202 Å². The summed E-state index contributed by atoms with van der Waals surface area (Å²) in [6.45, 7) is 4.51. The van der Waals surface area contributed by atoms with Gasteiger partial charge in [-0.25, -0.2) is 9.37 Å². The molecule has 4 rings (SSSR count). The number of nitrogen functional groups attached to an aromatic ring is 1. The summed E-state index contributed by atoms with van der Waals surface area (Å²) in [6.07, 6.45) is 1.73. The molecule has 2 aromatic heterocycles. The van der Waals surface area contributed by atoms with Crippen molar-refractivity contribution in [1.82, 2.24) is 9.55 Å². The second kappa shape index (κ2) is 9.35. The summed E-state index contributed by atoms with van der Waals surface area (Å²) < 4.78 is 20.8. The number of anilines is 2. The van der Waals surface area contributed by atoms with Crippen LogP contribution in [0.1, 0.15) is 25.5 Å². The van der Waals surface area contributed by atoms with Crippen LogP contribution in [0.5, 0.6) is 5.75 Å². The number of halogens is 2. The number of rotatable bonds is 6. The molecular formula is C26H26ClFN4O2. The maximum Gasteiger partial charge on any atom is 0.259 e. The molecule has 8 heteroatoms. The van der Waals surface area contributed by atoms with Crippen molar-refractivity contribution in [3.63, 3.8) is 0 Å². The largest absolute Gasteiger partial charge is 0.497 e. The van der Waals surface area contributed by atoms with Crippen LogP contribution in [0.3, 0.4) is 0 Å². The van der Waals surface area contributed by atoms with Gasteiger partial charge in [0, 0.05) is 48.4 Å². The fraction of sp³-hybridized carbons (Fsp3) is 0.231. The molecule has 2 N–H and O–H groups in total. The SMILES string of the molecule is COc1ccc(CN(C)c2cc3c(cn2)cc(-c2cc(N)c(F)cc2Cl)c(=O)n3C(C)C)cc1. The van der Waals surface area contributed by atoms with Crippen LogP contribution in [0.15, 0.2) is 59.5 Å². The summed E-state index contributed by atoms with van der Waals surface area (Å²) in [5.74, 6) is 0.911. The average molecular weight is 481 g/mol. The molecule has 0 spiro atoms. The highest BCUT2D eigenvalue weighted by Crippen LogP contribution is 2.32. The molecule has 2 heterocycles. The van der Waals surface area contributed by atoms with Crippen molar-refractivity contribution in [2.24, 2.45) is 0 Å². The molecule has 34 heavy (non-hydrogen) atoms. The van der Waals surface area contributed by atoms with E-state index in [2.05, 4.69) is 4.98 Å². The Bertz CT molecular complexity index is 1420. The molecule has 6 nitrogen and oxygen atoms in total. The summed E-state index contributed by atoms with van der Waals surface area (Å²) in [5, 5.41) is 0.895. The van der Waals surface area contributed by atoms with Gasteiger partial charge in [-0.3, -0.25) is 4.79 Å². The van der Waals surface area contributed by atoms with Crippen LogP contribution < -0.4 is 20.9 Å². The molecule has 0 aliphatic carbocycles. The number of aromatic nitrogens is 2. The molecule has 0 bridgehead atoms. The maximum atomic E-state index is 13.8. The third-order valence-corrected chi connectivity index (χ3v) is 6.08. The molecule has 0 unspecified atom stereocenters. The Morgan fingerprint density at radius 1 is 1.15 bits per heavy atom. The molecule has 0 radical (unpaired) electrons. The number of nitrogens with two attached hydrogens (primary N) is 1. The van der Waals surface area contributed by atoms with Crippen molar-refractivity contribution < 1.29 is 9.13 Å². The smallest absolute Gasteiger partial charge is 0.259 e. The second-order valence-corrected chi connectivity index (χ2v) is 8.89. The van der Waals surface area contributed by atoms with Crippen molar-refractivity contribution in [1.29, 1.82) is 0 Å². The Morgan fingerprint density at radius 2 is 1.85 bits per heavy atom. The standard InChI is InChI=1S/C26H26ClFN4O2/c1-15(2)32-24-12-25(31(3)14-16-5-7-18(34-4)8-6-16)30-13-17(24)9-20(26(32)33)19-10-23(29)22(28)11-21(19)27/h5-13,15H,14,29H2,1-4H3. The average Bonchev–Trinajstić information content (AvgIpc) is 2.81. The molecule has 0 aliphatic heterocycles. The predicted octanol–water partition coefficient (Wildman–Crippen LogP) is 5.66. The lowest BCUT2D eigenvalue weighted by molar-refractivity contribution is 0.414. The molecule has 2 aromatic carbocycles. The van der Waals surface area contributed by atoms with E-state index in [0.717, 1.165) is 34.1 Å². The molecule has 0 saturated carbocycles. The van der Waals surface area contributed by atoms with Crippen LogP contribution in [-0.4, -0.2) is 23.7 Å². The van der Waals surface area contributed by atoms with Crippen molar-refractivity contribution in [3.8, 4) is 16.9 Å². The van der Waals surface area contributed by atoms with Gasteiger partial charge in [-0.1, -0.05) is 23.7 Å². The molecule has 0 aliphatic rings. The van der Waals surface area contributed by atoms with Crippen molar-refractivity contribution in [3.05, 3.63) is 81.5 Å². The van der Waals surface area contributed by atoms with Crippen molar-refractivity contribution in [2.75, 3.05) is 24.8 Å². The molecule has 0 fully saturated rings. The van der Waals surface area contributed by atoms with Crippen LogP contribution >= 0.6 is 11.6 Å². The minimum atomic E-state index is -0.620. The summed E-state index contributed by atoms with van der Waals surface area (Å²) >= 11 is 6.28. The highest BCUT2D eigenvalue weighted by molar-refractivity contribution is 6.33. The van der Waals surface area contributed by atoms with Gasteiger partial charge in [0.25, 0.3) is 5.56 Å². The maximum absolute atomic E-state index is 13.8. The number of hydrogen-bond donors (Lipinski definition) is 1. The normalized spacial score (nSPS) is 11.3. The topological polar surface area (TPSA) is 73.4 Å². The minimum absolute atomic E-state index is 0.0661. The first-order chi connectivity index (χ1) is 16.2. The van der Waals surface area contributed by atoms with E-state index in [4.69, 9.17) is 22.1 Å². The number of methoxy groups -OCH3 is 1. The minimum Gasteiger partial charge on any atom is -0.497 e. The van der Waals surface area contributed by atoms with E-state index >= 15 is 0 Å². The Morgan fingerprint density at radius 3 is 2.50 bits per heavy atom. The van der Waals surface area contributed by atoms with Crippen LogP contribution in [0.4, 0.5) is 15.9 Å². The van der Waals surface area contributed by atoms with Crippen LogP contribution in [0.2, 0.25) is 5.02 Å². The van der Waals surface area contributed by atoms with Gasteiger partial charge in [0.2, 0.25) is 0 Å². The zero-order chi connectivity index (χ0) is 24.6. The monoisotopic (exact) mass is 480 g/mol. The van der Waals surface area contributed by atoms with Crippen LogP contribution in [0, 0.1) is 5.82 Å². The van der Waals surface area contributed by atoms with Gasteiger partial charge in [0.05, 0.1) is 23.3 Å². The van der Waals surface area contributed by atoms with E-state index in [1.807, 2.05) is 56.1 Å². The molecule has 0 atom stereocenters. The second-order valence-electron chi connectivity index (χ2n) is 8.49.